The van der Waals surface area contributed by atoms with Gasteiger partial charge in [0.1, 0.15) is 22.3 Å². The molecule has 1 N–H and O–H groups in total. The average Bonchev–Trinajstić information content (AvgIpc) is 3.87. The van der Waals surface area contributed by atoms with Gasteiger partial charge in [-0.3, -0.25) is 5.41 Å². The average molecular weight is 744 g/mol. The molecule has 11 rings (SSSR count). The Morgan fingerprint density at radius 3 is 1.95 bits per heavy atom. The Morgan fingerprint density at radius 2 is 1.14 bits per heavy atom. The number of benzene rings is 9. The van der Waals surface area contributed by atoms with Gasteiger partial charge in [-0.1, -0.05) is 158 Å². The molecular weight excluding hydrogens is 711 g/mol. The second kappa shape index (κ2) is 13.7. The molecule has 0 unspecified atom stereocenters. The summed E-state index contributed by atoms with van der Waals surface area (Å²) in [7, 11) is 0. The van der Waals surface area contributed by atoms with E-state index < -0.39 is 0 Å². The maximum Gasteiger partial charge on any atom is 0.162 e. The maximum atomic E-state index is 9.44. The van der Waals surface area contributed by atoms with Crippen molar-refractivity contribution >= 4 is 83.3 Å². The van der Waals surface area contributed by atoms with Crippen LogP contribution < -0.4 is 0 Å². The molecule has 0 saturated carbocycles. The molecule has 5 heteroatoms. The highest BCUT2D eigenvalue weighted by Gasteiger charge is 2.19. The molecule has 0 radical (unpaired) electrons. The molecule has 0 fully saturated rings. The van der Waals surface area contributed by atoms with E-state index in [1.807, 2.05) is 79.0 Å². The van der Waals surface area contributed by atoms with Crippen molar-refractivity contribution in [2.45, 2.75) is 0 Å². The normalized spacial score (nSPS) is 12.2. The number of para-hydroxylation sites is 3. The molecule has 9 aromatic carbocycles. The molecule has 58 heavy (non-hydrogen) atoms. The van der Waals surface area contributed by atoms with Crippen LogP contribution in [0.25, 0.3) is 87.7 Å². The van der Waals surface area contributed by atoms with Gasteiger partial charge in [0.25, 0.3) is 0 Å². The molecule has 0 saturated heterocycles. The molecule has 0 spiro atoms. The van der Waals surface area contributed by atoms with Crippen molar-refractivity contribution in [3.63, 3.8) is 0 Å². The Kier molecular flexibility index (Phi) is 7.90. The van der Waals surface area contributed by atoms with Gasteiger partial charge in [0.05, 0.1) is 0 Å². The Morgan fingerprint density at radius 1 is 0.483 bits per heavy atom. The quantitative estimate of drug-likeness (QED) is 0.108. The second-order valence-electron chi connectivity index (χ2n) is 14.5. The van der Waals surface area contributed by atoms with E-state index in [9.17, 15) is 5.41 Å². The third kappa shape index (κ3) is 5.60. The number of nitrogens with one attached hydrogen (secondary N) is 1. The van der Waals surface area contributed by atoms with E-state index in [1.54, 1.807) is 0 Å². The van der Waals surface area contributed by atoms with Crippen molar-refractivity contribution in [1.82, 2.24) is 0 Å². The third-order valence-electron chi connectivity index (χ3n) is 11.1. The number of furan rings is 2. The van der Waals surface area contributed by atoms with Gasteiger partial charge in [-0.05, 0) is 68.6 Å². The zero-order valence-electron chi connectivity index (χ0n) is 31.2. The summed E-state index contributed by atoms with van der Waals surface area (Å²) >= 11 is 0. The molecule has 272 valence electrons. The molecule has 5 nitrogen and oxygen atoms in total. The fraction of sp³-hybridized carbons (Fsp3) is 0. The van der Waals surface area contributed by atoms with Crippen LogP contribution in [0.2, 0.25) is 0 Å². The Bertz CT molecular complexity index is 3460. The van der Waals surface area contributed by atoms with Gasteiger partial charge < -0.3 is 8.83 Å². The van der Waals surface area contributed by atoms with Crippen LogP contribution in [0.15, 0.2) is 207 Å². The third-order valence-corrected chi connectivity index (χ3v) is 11.1. The Labute approximate surface area is 333 Å². The predicted molar refractivity (Wildman–Crippen MR) is 241 cm³/mol. The van der Waals surface area contributed by atoms with Gasteiger partial charge in [-0.15, -0.1) is 0 Å². The summed E-state index contributed by atoms with van der Waals surface area (Å²) in [5, 5.41) is 18.0. The number of amidine groups is 2. The van der Waals surface area contributed by atoms with Crippen molar-refractivity contribution in [2.75, 3.05) is 0 Å². The minimum Gasteiger partial charge on any atom is -0.456 e. The van der Waals surface area contributed by atoms with Gasteiger partial charge in [0.15, 0.2) is 11.7 Å². The largest absolute Gasteiger partial charge is 0.456 e. The van der Waals surface area contributed by atoms with Crippen LogP contribution in [0.3, 0.4) is 0 Å². The topological polar surface area (TPSA) is 74.8 Å². The fourth-order valence-corrected chi connectivity index (χ4v) is 8.34. The van der Waals surface area contributed by atoms with Crippen LogP contribution in [0.1, 0.15) is 16.7 Å². The summed E-state index contributed by atoms with van der Waals surface area (Å²) < 4.78 is 12.7. The number of aliphatic imine (C=N–C) groups is 2. The van der Waals surface area contributed by atoms with E-state index in [4.69, 9.17) is 18.8 Å². The van der Waals surface area contributed by atoms with Crippen molar-refractivity contribution < 1.29 is 8.83 Å². The van der Waals surface area contributed by atoms with Gasteiger partial charge in [-0.25, -0.2) is 9.98 Å². The lowest BCUT2D eigenvalue weighted by atomic mass is 9.90. The molecule has 2 aromatic heterocycles. The lowest BCUT2D eigenvalue weighted by Gasteiger charge is -2.13. The van der Waals surface area contributed by atoms with Gasteiger partial charge >= 0.3 is 0 Å². The van der Waals surface area contributed by atoms with Crippen molar-refractivity contribution in [3.8, 4) is 22.3 Å². The molecule has 0 bridgehead atoms. The van der Waals surface area contributed by atoms with Crippen LogP contribution in [-0.2, 0) is 0 Å². The number of nitrogens with zero attached hydrogens (tertiary/aromatic N) is 2. The van der Waals surface area contributed by atoms with E-state index >= 15 is 0 Å². The molecular formula is C53H33N3O2. The molecule has 0 amide bonds. The minimum absolute atomic E-state index is 0.105. The lowest BCUT2D eigenvalue weighted by molar-refractivity contribution is 0.668. The van der Waals surface area contributed by atoms with E-state index in [0.29, 0.717) is 11.4 Å². The van der Waals surface area contributed by atoms with E-state index in [1.165, 1.54) is 0 Å². The first-order chi connectivity index (χ1) is 28.7. The van der Waals surface area contributed by atoms with Crippen molar-refractivity contribution in [1.29, 1.82) is 5.41 Å². The summed E-state index contributed by atoms with van der Waals surface area (Å²) in [6, 6.07) is 63.9. The molecule has 2 heterocycles. The van der Waals surface area contributed by atoms with Crippen LogP contribution >= 0.6 is 0 Å². The summed E-state index contributed by atoms with van der Waals surface area (Å²) in [6.45, 7) is 0. The van der Waals surface area contributed by atoms with E-state index in [2.05, 4.69) is 115 Å². The molecule has 0 aliphatic heterocycles. The smallest absolute Gasteiger partial charge is 0.162 e. The summed E-state index contributed by atoms with van der Waals surface area (Å²) in [5.74, 6) is 0.540. The van der Waals surface area contributed by atoms with Gasteiger partial charge in [-0.2, -0.15) is 0 Å². The lowest BCUT2D eigenvalue weighted by Crippen LogP contribution is -2.06. The Hall–Kier alpha value is -7.89. The summed E-state index contributed by atoms with van der Waals surface area (Å²) in [6.07, 6.45) is 1.81. The number of rotatable bonds is 5. The predicted octanol–water partition coefficient (Wildman–Crippen LogP) is 14.0. The van der Waals surface area contributed by atoms with E-state index in [-0.39, 0.29) is 5.84 Å². The van der Waals surface area contributed by atoms with Crippen LogP contribution in [0.5, 0.6) is 0 Å². The van der Waals surface area contributed by atoms with Crippen LogP contribution in [0.4, 0.5) is 0 Å². The van der Waals surface area contributed by atoms with Crippen molar-refractivity contribution in [3.05, 3.63) is 205 Å². The first-order valence-electron chi connectivity index (χ1n) is 19.3. The van der Waals surface area contributed by atoms with Gasteiger partial charge in [0, 0.05) is 50.0 Å². The SMILES string of the molecule is N=C(/N=C(\N=C\c1cccc2c1oc1ccccc12)c1cc2ccccc2c2ccccc12)c1ccc(-c2c(-c3ccccc3)ccc3oc4ccccc4c23)cc1. The van der Waals surface area contributed by atoms with Crippen molar-refractivity contribution in [2.24, 2.45) is 9.98 Å². The molecule has 0 aliphatic carbocycles. The first kappa shape index (κ1) is 33.4. The molecule has 11 aromatic rings. The number of hydrogen-bond donors (Lipinski definition) is 1. The monoisotopic (exact) mass is 743 g/mol. The zero-order valence-corrected chi connectivity index (χ0v) is 31.2. The highest BCUT2D eigenvalue weighted by molar-refractivity contribution is 6.23. The minimum atomic E-state index is 0.105. The fourth-order valence-electron chi connectivity index (χ4n) is 8.34. The summed E-state index contributed by atoms with van der Waals surface area (Å²) in [5.41, 5.74) is 9.95. The van der Waals surface area contributed by atoms with E-state index in [0.717, 1.165) is 98.8 Å². The Balaban J connectivity index is 1.06. The van der Waals surface area contributed by atoms with Crippen LogP contribution in [-0.4, -0.2) is 17.9 Å². The highest BCUT2D eigenvalue weighted by atomic mass is 16.3. The van der Waals surface area contributed by atoms with Gasteiger partial charge in [0.2, 0.25) is 0 Å². The number of hydrogen-bond acceptors (Lipinski definition) is 3. The highest BCUT2D eigenvalue weighted by Crippen LogP contribution is 2.43. The standard InChI is InChI=1S/C53H33N3O2/c54-52(35-27-25-34(26-28-35)49-39(33-13-2-1-3-14-33)29-30-48-50(49)44-21-9-11-24-47(44)57-48)56-53(45-31-36-15-4-5-17-38(36)40-18-6-7-19-41(40)45)55-32-37-16-12-22-43-42-20-8-10-23-46(42)58-51(37)43/h1-32,54H/b54-52?,55-32+,56-53-. The summed E-state index contributed by atoms with van der Waals surface area (Å²) in [4.78, 5) is 10.1. The van der Waals surface area contributed by atoms with Crippen LogP contribution in [0, 0.1) is 5.41 Å². The zero-order chi connectivity index (χ0) is 38.6. The molecule has 0 atom stereocenters. The maximum absolute atomic E-state index is 9.44. The number of fused-ring (bicyclic) bond motifs is 9. The molecule has 0 aliphatic rings. The first-order valence-corrected chi connectivity index (χ1v) is 19.3. The second-order valence-corrected chi connectivity index (χ2v) is 14.5.